The highest BCUT2D eigenvalue weighted by molar-refractivity contribution is 5.69. The molecule has 0 heterocycles. The van der Waals surface area contributed by atoms with Crippen molar-refractivity contribution in [3.8, 4) is 0 Å². The van der Waals surface area contributed by atoms with Crippen molar-refractivity contribution >= 4 is 5.97 Å². The summed E-state index contributed by atoms with van der Waals surface area (Å²) in [6.45, 7) is 6.41. The molecule has 0 radical (unpaired) electrons. The first kappa shape index (κ1) is 13.4. The van der Waals surface area contributed by atoms with Gasteiger partial charge < -0.3 is 10.5 Å². The lowest BCUT2D eigenvalue weighted by Crippen LogP contribution is -2.23. The Balaban J connectivity index is 3.36. The molecule has 0 aromatic carbocycles. The molecule has 0 atom stereocenters. The van der Waals surface area contributed by atoms with Crippen LogP contribution < -0.4 is 5.73 Å². The number of esters is 1. The Morgan fingerprint density at radius 3 is 2.21 bits per heavy atom. The number of rotatable bonds is 6. The Kier molecular flexibility index (Phi) is 6.54. The van der Waals surface area contributed by atoms with Crippen molar-refractivity contribution in [2.24, 2.45) is 5.73 Å². The van der Waals surface area contributed by atoms with Gasteiger partial charge in [0.1, 0.15) is 5.60 Å². The molecule has 0 saturated heterocycles. The third-order valence-electron chi connectivity index (χ3n) is 1.76. The molecule has 2 N–H and O–H groups in total. The van der Waals surface area contributed by atoms with E-state index in [1.165, 1.54) is 0 Å². The van der Waals surface area contributed by atoms with Gasteiger partial charge in [0.25, 0.3) is 0 Å². The van der Waals surface area contributed by atoms with Gasteiger partial charge in [0, 0.05) is 6.42 Å². The Morgan fingerprint density at radius 2 is 1.71 bits per heavy atom. The Bertz CT molecular complexity index is 161. The third kappa shape index (κ3) is 9.52. The lowest BCUT2D eigenvalue weighted by Gasteiger charge is -2.19. The molecule has 84 valence electrons. The van der Waals surface area contributed by atoms with Gasteiger partial charge in [-0.05, 0) is 40.2 Å². The molecule has 0 bridgehead atoms. The molecule has 0 saturated carbocycles. The summed E-state index contributed by atoms with van der Waals surface area (Å²) in [5.41, 5.74) is 5.01. The fraction of sp³-hybridized carbons (Fsp3) is 0.909. The molecule has 0 aromatic heterocycles. The van der Waals surface area contributed by atoms with Crippen LogP contribution in [0.4, 0.5) is 0 Å². The van der Waals surface area contributed by atoms with Gasteiger partial charge in [-0.25, -0.2) is 0 Å². The van der Waals surface area contributed by atoms with Gasteiger partial charge in [-0.15, -0.1) is 0 Å². The highest BCUT2D eigenvalue weighted by Crippen LogP contribution is 2.10. The van der Waals surface area contributed by atoms with Crippen molar-refractivity contribution in [3.05, 3.63) is 0 Å². The molecule has 14 heavy (non-hydrogen) atoms. The van der Waals surface area contributed by atoms with Gasteiger partial charge in [0.05, 0.1) is 0 Å². The number of nitrogens with two attached hydrogens (primary N) is 1. The molecular formula is C11H23NO2. The van der Waals surface area contributed by atoms with E-state index in [1.807, 2.05) is 20.8 Å². The van der Waals surface area contributed by atoms with Crippen molar-refractivity contribution in [1.82, 2.24) is 0 Å². The molecular weight excluding hydrogens is 178 g/mol. The third-order valence-corrected chi connectivity index (χ3v) is 1.76. The smallest absolute Gasteiger partial charge is 0.306 e. The Morgan fingerprint density at radius 1 is 1.14 bits per heavy atom. The monoisotopic (exact) mass is 201 g/mol. The molecule has 3 heteroatoms. The van der Waals surface area contributed by atoms with Crippen LogP contribution in [-0.4, -0.2) is 18.1 Å². The summed E-state index contributed by atoms with van der Waals surface area (Å²) in [5.74, 6) is -0.0924. The van der Waals surface area contributed by atoms with E-state index in [1.54, 1.807) is 0 Å². The molecule has 0 fully saturated rings. The van der Waals surface area contributed by atoms with Crippen LogP contribution in [0.15, 0.2) is 0 Å². The van der Waals surface area contributed by atoms with E-state index in [2.05, 4.69) is 0 Å². The van der Waals surface area contributed by atoms with Crippen LogP contribution in [0, 0.1) is 0 Å². The average molecular weight is 201 g/mol. The predicted molar refractivity (Wildman–Crippen MR) is 58.0 cm³/mol. The largest absolute Gasteiger partial charge is 0.460 e. The first-order valence-electron chi connectivity index (χ1n) is 5.37. The molecule has 0 aliphatic carbocycles. The van der Waals surface area contributed by atoms with Gasteiger partial charge in [-0.2, -0.15) is 0 Å². The lowest BCUT2D eigenvalue weighted by molar-refractivity contribution is -0.154. The summed E-state index contributed by atoms with van der Waals surface area (Å²) in [4.78, 5) is 11.2. The lowest BCUT2D eigenvalue weighted by atomic mass is 10.1. The van der Waals surface area contributed by atoms with Crippen LogP contribution >= 0.6 is 0 Å². The zero-order valence-electron chi connectivity index (χ0n) is 9.64. The fourth-order valence-corrected chi connectivity index (χ4v) is 1.16. The Labute approximate surface area is 87.0 Å². The second-order valence-corrected chi connectivity index (χ2v) is 4.54. The fourth-order valence-electron chi connectivity index (χ4n) is 1.16. The standard InChI is InChI=1S/C11H23NO2/c1-11(2,3)14-10(13)8-6-4-5-7-9-12/h4-9,12H2,1-3H3. The molecule has 0 aliphatic rings. The van der Waals surface area contributed by atoms with Gasteiger partial charge in [-0.3, -0.25) is 4.79 Å². The highest BCUT2D eigenvalue weighted by Gasteiger charge is 2.15. The van der Waals surface area contributed by atoms with Crippen LogP contribution in [0.3, 0.4) is 0 Å². The van der Waals surface area contributed by atoms with E-state index in [-0.39, 0.29) is 11.6 Å². The molecule has 0 unspecified atom stereocenters. The first-order valence-corrected chi connectivity index (χ1v) is 5.37. The zero-order valence-corrected chi connectivity index (χ0v) is 9.64. The van der Waals surface area contributed by atoms with E-state index in [0.717, 1.165) is 32.2 Å². The first-order chi connectivity index (χ1) is 6.45. The average Bonchev–Trinajstić information content (AvgIpc) is 2.00. The number of carbonyl (C=O) groups is 1. The maximum Gasteiger partial charge on any atom is 0.306 e. The molecule has 0 amide bonds. The predicted octanol–water partition coefficient (Wildman–Crippen LogP) is 2.24. The topological polar surface area (TPSA) is 52.3 Å². The summed E-state index contributed by atoms with van der Waals surface area (Å²) in [7, 11) is 0. The second-order valence-electron chi connectivity index (χ2n) is 4.54. The summed E-state index contributed by atoms with van der Waals surface area (Å²) >= 11 is 0. The number of hydrogen-bond donors (Lipinski definition) is 1. The molecule has 3 nitrogen and oxygen atoms in total. The molecule has 0 spiro atoms. The minimum Gasteiger partial charge on any atom is -0.460 e. The summed E-state index contributed by atoms with van der Waals surface area (Å²) in [5, 5.41) is 0. The van der Waals surface area contributed by atoms with E-state index >= 15 is 0 Å². The summed E-state index contributed by atoms with van der Waals surface area (Å²) in [6, 6.07) is 0. The minimum atomic E-state index is -0.353. The van der Waals surface area contributed by atoms with E-state index in [9.17, 15) is 4.79 Å². The Hall–Kier alpha value is -0.570. The number of hydrogen-bond acceptors (Lipinski definition) is 3. The number of unbranched alkanes of at least 4 members (excludes halogenated alkanes) is 3. The summed E-state index contributed by atoms with van der Waals surface area (Å²) in [6.07, 6.45) is 4.67. The van der Waals surface area contributed by atoms with E-state index in [4.69, 9.17) is 10.5 Å². The van der Waals surface area contributed by atoms with E-state index in [0.29, 0.717) is 6.42 Å². The van der Waals surface area contributed by atoms with E-state index < -0.39 is 0 Å². The quantitative estimate of drug-likeness (QED) is 0.529. The molecule has 0 aromatic rings. The van der Waals surface area contributed by atoms with Crippen LogP contribution in [0.1, 0.15) is 52.9 Å². The SMILES string of the molecule is CC(C)(C)OC(=O)CCCCCCN. The van der Waals surface area contributed by atoms with Crippen LogP contribution in [0.2, 0.25) is 0 Å². The molecule has 0 aliphatic heterocycles. The second kappa shape index (κ2) is 6.82. The number of carbonyl (C=O) groups excluding carboxylic acids is 1. The van der Waals surface area contributed by atoms with Crippen LogP contribution in [0.25, 0.3) is 0 Å². The van der Waals surface area contributed by atoms with Crippen LogP contribution in [0.5, 0.6) is 0 Å². The zero-order chi connectivity index (χ0) is 11.0. The maximum atomic E-state index is 11.2. The molecule has 0 rings (SSSR count). The maximum absolute atomic E-state index is 11.2. The van der Waals surface area contributed by atoms with Gasteiger partial charge in [-0.1, -0.05) is 12.8 Å². The van der Waals surface area contributed by atoms with Crippen molar-refractivity contribution in [3.63, 3.8) is 0 Å². The highest BCUT2D eigenvalue weighted by atomic mass is 16.6. The normalized spacial score (nSPS) is 11.4. The summed E-state index contributed by atoms with van der Waals surface area (Å²) < 4.78 is 5.18. The van der Waals surface area contributed by atoms with Crippen molar-refractivity contribution < 1.29 is 9.53 Å². The van der Waals surface area contributed by atoms with Gasteiger partial charge >= 0.3 is 5.97 Å². The van der Waals surface area contributed by atoms with Crippen molar-refractivity contribution in [2.45, 2.75) is 58.5 Å². The van der Waals surface area contributed by atoms with Crippen molar-refractivity contribution in [2.75, 3.05) is 6.54 Å². The number of ether oxygens (including phenoxy) is 1. The minimum absolute atomic E-state index is 0.0924. The van der Waals surface area contributed by atoms with Crippen LogP contribution in [-0.2, 0) is 9.53 Å². The van der Waals surface area contributed by atoms with Gasteiger partial charge in [0.2, 0.25) is 0 Å². The van der Waals surface area contributed by atoms with Gasteiger partial charge in [0.15, 0.2) is 0 Å². The van der Waals surface area contributed by atoms with Crippen molar-refractivity contribution in [1.29, 1.82) is 0 Å².